The summed E-state index contributed by atoms with van der Waals surface area (Å²) in [4.78, 5) is 40.2. The zero-order valence-corrected chi connectivity index (χ0v) is 18.2. The molecule has 32 heavy (non-hydrogen) atoms. The van der Waals surface area contributed by atoms with E-state index in [2.05, 4.69) is 10.2 Å². The van der Waals surface area contributed by atoms with Crippen LogP contribution in [0.4, 0.5) is 8.78 Å². The van der Waals surface area contributed by atoms with Crippen LogP contribution in [-0.2, 0) is 16.1 Å². The normalized spacial score (nSPS) is 25.5. The van der Waals surface area contributed by atoms with Crippen LogP contribution in [0.1, 0.15) is 78.8 Å². The van der Waals surface area contributed by atoms with Crippen LogP contribution in [0.5, 0.6) is 0 Å². The molecule has 3 aliphatic heterocycles. The van der Waals surface area contributed by atoms with Crippen molar-refractivity contribution < 1.29 is 23.2 Å². The summed E-state index contributed by atoms with van der Waals surface area (Å²) in [5.74, 6) is -2.26. The molecule has 1 aliphatic carbocycles. The Bertz CT molecular complexity index is 952. The first-order chi connectivity index (χ1) is 15.4. The van der Waals surface area contributed by atoms with E-state index in [9.17, 15) is 14.4 Å². The predicted molar refractivity (Wildman–Crippen MR) is 113 cm³/mol. The summed E-state index contributed by atoms with van der Waals surface area (Å²) in [5.41, 5.74) is 0.249. The van der Waals surface area contributed by atoms with Gasteiger partial charge < -0.3 is 9.80 Å². The molecule has 3 fully saturated rings. The number of hydrogen-bond acceptors (Lipinski definition) is 4. The number of rotatable bonds is 4. The topological polar surface area (TPSA) is 69.7 Å². The van der Waals surface area contributed by atoms with Crippen LogP contribution in [0, 0.1) is 17.6 Å². The number of piperidine rings is 2. The molecule has 2 saturated heterocycles. The summed E-state index contributed by atoms with van der Waals surface area (Å²) in [7, 11) is 0. The Balaban J connectivity index is 1.31. The van der Waals surface area contributed by atoms with Crippen molar-refractivity contribution >= 4 is 17.7 Å². The van der Waals surface area contributed by atoms with Crippen molar-refractivity contribution in [3.63, 3.8) is 0 Å². The number of hydrogen-bond donors (Lipinski definition) is 1. The lowest BCUT2D eigenvalue weighted by molar-refractivity contribution is -0.136. The van der Waals surface area contributed by atoms with Gasteiger partial charge in [-0.2, -0.15) is 0 Å². The Hall–Kier alpha value is -2.35. The second-order valence-corrected chi connectivity index (χ2v) is 9.74. The highest BCUT2D eigenvalue weighted by molar-refractivity contribution is 6.05. The van der Waals surface area contributed by atoms with E-state index in [1.807, 2.05) is 0 Å². The second-order valence-electron chi connectivity index (χ2n) is 9.74. The first kappa shape index (κ1) is 21.5. The SMILES string of the molecule is O=C1CCC(N2Cc3c(cc(F)c(C4CCN(CC5CCCC5)CC4)c3F)C2=O)C(=O)N1. The summed E-state index contributed by atoms with van der Waals surface area (Å²) in [6, 6.07) is 0.310. The first-order valence-electron chi connectivity index (χ1n) is 11.8. The molecule has 0 aromatic heterocycles. The number of likely N-dealkylation sites (tertiary alicyclic amines) is 1. The van der Waals surface area contributed by atoms with Crippen LogP contribution in [0.2, 0.25) is 0 Å². The minimum absolute atomic E-state index is 0.00730. The maximum absolute atomic E-state index is 15.5. The third-order valence-corrected chi connectivity index (χ3v) is 7.75. The largest absolute Gasteiger partial charge is 0.322 e. The molecule has 0 spiro atoms. The Morgan fingerprint density at radius 3 is 2.41 bits per heavy atom. The number of fused-ring (bicyclic) bond motifs is 1. The number of carbonyl (C=O) groups excluding carboxylic acids is 3. The van der Waals surface area contributed by atoms with Gasteiger partial charge in [-0.25, -0.2) is 8.78 Å². The highest BCUT2D eigenvalue weighted by Gasteiger charge is 2.42. The molecule has 1 aromatic carbocycles. The molecule has 1 unspecified atom stereocenters. The molecule has 0 bridgehead atoms. The van der Waals surface area contributed by atoms with E-state index in [1.54, 1.807) is 0 Å². The minimum atomic E-state index is -0.836. The number of amides is 3. The molecular formula is C24H29F2N3O3. The molecule has 1 aromatic rings. The summed E-state index contributed by atoms with van der Waals surface area (Å²) >= 11 is 0. The van der Waals surface area contributed by atoms with Crippen molar-refractivity contribution in [3.8, 4) is 0 Å². The van der Waals surface area contributed by atoms with Gasteiger partial charge in [-0.05, 0) is 63.1 Å². The van der Waals surface area contributed by atoms with Crippen molar-refractivity contribution in [2.75, 3.05) is 19.6 Å². The van der Waals surface area contributed by atoms with E-state index in [4.69, 9.17) is 0 Å². The number of carbonyl (C=O) groups is 3. The van der Waals surface area contributed by atoms with Gasteiger partial charge in [0, 0.05) is 24.1 Å². The van der Waals surface area contributed by atoms with Crippen molar-refractivity contribution in [2.24, 2.45) is 5.92 Å². The van der Waals surface area contributed by atoms with Gasteiger partial charge in [-0.3, -0.25) is 19.7 Å². The molecule has 0 radical (unpaired) electrons. The fourth-order valence-corrected chi connectivity index (χ4v) is 5.99. The van der Waals surface area contributed by atoms with Crippen LogP contribution < -0.4 is 5.32 Å². The van der Waals surface area contributed by atoms with Gasteiger partial charge in [0.25, 0.3) is 5.91 Å². The van der Waals surface area contributed by atoms with E-state index in [1.165, 1.54) is 30.6 Å². The molecule has 1 N–H and O–H groups in total. The van der Waals surface area contributed by atoms with Gasteiger partial charge in [-0.15, -0.1) is 0 Å². The molecule has 6 nitrogen and oxygen atoms in total. The van der Waals surface area contributed by atoms with E-state index in [-0.39, 0.29) is 47.9 Å². The van der Waals surface area contributed by atoms with Crippen LogP contribution in [-0.4, -0.2) is 53.2 Å². The van der Waals surface area contributed by atoms with Gasteiger partial charge in [-0.1, -0.05) is 12.8 Å². The smallest absolute Gasteiger partial charge is 0.255 e. The first-order valence-corrected chi connectivity index (χ1v) is 11.8. The van der Waals surface area contributed by atoms with Crippen LogP contribution in [0.15, 0.2) is 6.07 Å². The Morgan fingerprint density at radius 2 is 1.72 bits per heavy atom. The molecule has 172 valence electrons. The molecule has 3 amide bonds. The van der Waals surface area contributed by atoms with E-state index in [0.29, 0.717) is 12.8 Å². The van der Waals surface area contributed by atoms with E-state index >= 15 is 8.78 Å². The highest BCUT2D eigenvalue weighted by Crippen LogP contribution is 2.38. The Kier molecular flexibility index (Phi) is 5.73. The summed E-state index contributed by atoms with van der Waals surface area (Å²) in [6.07, 6.45) is 6.90. The quantitative estimate of drug-likeness (QED) is 0.724. The minimum Gasteiger partial charge on any atom is -0.322 e. The van der Waals surface area contributed by atoms with Gasteiger partial charge in [0.05, 0.1) is 12.1 Å². The lowest BCUT2D eigenvalue weighted by atomic mass is 9.86. The molecular weight excluding hydrogens is 416 g/mol. The number of benzene rings is 1. The zero-order valence-electron chi connectivity index (χ0n) is 18.2. The molecule has 1 atom stereocenters. The number of nitrogens with zero attached hydrogens (tertiary/aromatic N) is 2. The second kappa shape index (κ2) is 8.54. The highest BCUT2D eigenvalue weighted by atomic mass is 19.1. The van der Waals surface area contributed by atoms with Crippen molar-refractivity contribution in [2.45, 2.75) is 69.9 Å². The van der Waals surface area contributed by atoms with E-state index in [0.717, 1.165) is 31.6 Å². The van der Waals surface area contributed by atoms with Crippen LogP contribution in [0.3, 0.4) is 0 Å². The average molecular weight is 446 g/mol. The Morgan fingerprint density at radius 1 is 1.00 bits per heavy atom. The third kappa shape index (κ3) is 3.83. The summed E-state index contributed by atoms with van der Waals surface area (Å²) < 4.78 is 30.6. The van der Waals surface area contributed by atoms with Gasteiger partial charge >= 0.3 is 0 Å². The molecule has 1 saturated carbocycles. The Labute approximate surface area is 186 Å². The van der Waals surface area contributed by atoms with Gasteiger partial charge in [0.2, 0.25) is 11.8 Å². The van der Waals surface area contributed by atoms with Crippen LogP contribution in [0.25, 0.3) is 0 Å². The molecule has 5 rings (SSSR count). The third-order valence-electron chi connectivity index (χ3n) is 7.75. The van der Waals surface area contributed by atoms with Gasteiger partial charge in [0.15, 0.2) is 0 Å². The average Bonchev–Trinajstić information content (AvgIpc) is 3.38. The predicted octanol–water partition coefficient (Wildman–Crippen LogP) is 3.10. The standard InChI is InChI=1S/C24H29F2N3O3/c25-18-11-16-17(13-29(24(16)32)19-5-6-20(30)27-23(19)31)22(26)21(18)15-7-9-28(10-8-15)12-14-3-1-2-4-14/h11,14-15,19H,1-10,12-13H2,(H,27,30,31). The molecule has 8 heteroatoms. The number of nitrogens with one attached hydrogen (secondary N) is 1. The number of halogens is 2. The fourth-order valence-electron chi connectivity index (χ4n) is 5.99. The maximum Gasteiger partial charge on any atom is 0.255 e. The summed E-state index contributed by atoms with van der Waals surface area (Å²) in [6.45, 7) is 2.67. The van der Waals surface area contributed by atoms with Crippen molar-refractivity contribution in [1.82, 2.24) is 15.1 Å². The molecule has 3 heterocycles. The van der Waals surface area contributed by atoms with Crippen LogP contribution >= 0.6 is 0 Å². The monoisotopic (exact) mass is 445 g/mol. The zero-order chi connectivity index (χ0) is 22.4. The van der Waals surface area contributed by atoms with Crippen molar-refractivity contribution in [3.05, 3.63) is 34.4 Å². The fraction of sp³-hybridized carbons (Fsp3) is 0.625. The maximum atomic E-state index is 15.5. The lowest BCUT2D eigenvalue weighted by Gasteiger charge is -2.34. The molecule has 4 aliphatic rings. The lowest BCUT2D eigenvalue weighted by Crippen LogP contribution is -2.52. The summed E-state index contributed by atoms with van der Waals surface area (Å²) in [5, 5.41) is 2.23. The van der Waals surface area contributed by atoms with E-state index < -0.39 is 29.5 Å². The number of imide groups is 1. The van der Waals surface area contributed by atoms with Gasteiger partial charge in [0.1, 0.15) is 17.7 Å². The van der Waals surface area contributed by atoms with Crippen molar-refractivity contribution in [1.29, 1.82) is 0 Å².